The maximum Gasteiger partial charge on any atom is 0.148 e. The van der Waals surface area contributed by atoms with Crippen LogP contribution in [0.5, 0.6) is 11.5 Å². The van der Waals surface area contributed by atoms with Gasteiger partial charge in [-0.2, -0.15) is 0 Å². The maximum atomic E-state index is 11.9. The first-order valence-corrected chi connectivity index (χ1v) is 12.8. The number of halogens is 1. The van der Waals surface area contributed by atoms with Crippen LogP contribution in [0.1, 0.15) is 41.6 Å². The van der Waals surface area contributed by atoms with Crippen molar-refractivity contribution in [2.75, 3.05) is 26.2 Å². The van der Waals surface area contributed by atoms with Crippen LogP contribution in [0.25, 0.3) is 5.57 Å². The third-order valence-electron chi connectivity index (χ3n) is 7.14. The third-order valence-corrected chi connectivity index (χ3v) is 7.39. The van der Waals surface area contributed by atoms with Crippen molar-refractivity contribution in [3.8, 4) is 23.8 Å². The van der Waals surface area contributed by atoms with Crippen molar-refractivity contribution in [1.82, 2.24) is 9.88 Å². The number of nitrogens with zero attached hydrogens (tertiary/aromatic N) is 3. The minimum Gasteiger partial charge on any atom is -0.487 e. The lowest BCUT2D eigenvalue weighted by molar-refractivity contribution is 0.164. The summed E-state index contributed by atoms with van der Waals surface area (Å²) in [4.78, 5) is 18.9. The number of hydrogen-bond acceptors (Lipinski definition) is 6. The highest BCUT2D eigenvalue weighted by Crippen LogP contribution is 2.39. The van der Waals surface area contributed by atoms with Crippen LogP contribution in [0.15, 0.2) is 72.0 Å². The number of ether oxygens (including phenoxy) is 2. The molecular weight excluding hydrogens is 486 g/mol. The Balaban J connectivity index is 1.33. The van der Waals surface area contributed by atoms with Gasteiger partial charge in [0.2, 0.25) is 0 Å². The topological polar surface area (TPSA) is 64.0 Å². The molecule has 3 aromatic rings. The molecular formula is C30H28ClN3O3. The van der Waals surface area contributed by atoms with Crippen molar-refractivity contribution in [1.29, 1.82) is 0 Å². The van der Waals surface area contributed by atoms with E-state index >= 15 is 0 Å². The van der Waals surface area contributed by atoms with Gasteiger partial charge in [0.05, 0.1) is 5.69 Å². The number of hydrogen-bond donors (Lipinski definition) is 0. The Morgan fingerprint density at radius 3 is 2.73 bits per heavy atom. The van der Waals surface area contributed by atoms with Crippen molar-refractivity contribution < 1.29 is 9.47 Å². The highest BCUT2D eigenvalue weighted by atomic mass is 35.5. The average Bonchev–Trinajstić information content (AvgIpc) is 3.09. The van der Waals surface area contributed by atoms with Gasteiger partial charge in [-0.1, -0.05) is 47.0 Å². The number of terminal acetylenes is 1. The van der Waals surface area contributed by atoms with Crippen LogP contribution < -0.4 is 9.47 Å². The largest absolute Gasteiger partial charge is 0.487 e. The second-order valence-electron chi connectivity index (χ2n) is 9.31. The molecule has 0 aliphatic carbocycles. The van der Waals surface area contributed by atoms with Crippen molar-refractivity contribution in [2.24, 2.45) is 5.18 Å². The van der Waals surface area contributed by atoms with E-state index in [0.29, 0.717) is 30.2 Å². The zero-order chi connectivity index (χ0) is 25.7. The Hall–Kier alpha value is -3.66. The number of likely N-dealkylation sites (tertiary alicyclic amines) is 1. The molecule has 5 rings (SSSR count). The fourth-order valence-corrected chi connectivity index (χ4v) is 5.23. The van der Waals surface area contributed by atoms with E-state index in [1.165, 1.54) is 0 Å². The molecule has 6 nitrogen and oxygen atoms in total. The van der Waals surface area contributed by atoms with Crippen LogP contribution in [-0.4, -0.2) is 36.1 Å². The van der Waals surface area contributed by atoms with Crippen molar-refractivity contribution in [2.45, 2.75) is 31.4 Å². The minimum atomic E-state index is -0.684. The van der Waals surface area contributed by atoms with Crippen LogP contribution in [0, 0.1) is 17.3 Å². The van der Waals surface area contributed by atoms with Gasteiger partial charge in [0.15, 0.2) is 0 Å². The summed E-state index contributed by atoms with van der Waals surface area (Å²) >= 11 is 6.04. The van der Waals surface area contributed by atoms with E-state index in [1.54, 1.807) is 6.20 Å². The molecule has 0 bridgehead atoms. The fraction of sp³-hybridized carbons (Fsp3) is 0.300. The van der Waals surface area contributed by atoms with Crippen molar-refractivity contribution >= 4 is 17.2 Å². The number of piperidine rings is 1. The highest BCUT2D eigenvalue weighted by Gasteiger charge is 2.37. The zero-order valence-electron chi connectivity index (χ0n) is 20.5. The van der Waals surface area contributed by atoms with E-state index in [9.17, 15) is 4.91 Å². The summed E-state index contributed by atoms with van der Waals surface area (Å²) in [7, 11) is 0. The van der Waals surface area contributed by atoms with Crippen molar-refractivity contribution in [3.63, 3.8) is 0 Å². The predicted molar refractivity (Wildman–Crippen MR) is 146 cm³/mol. The summed E-state index contributed by atoms with van der Waals surface area (Å²) in [5.74, 6) is 4.01. The lowest BCUT2D eigenvalue weighted by atomic mass is 9.82. The second kappa shape index (κ2) is 11.2. The average molecular weight is 514 g/mol. The Kier molecular flexibility index (Phi) is 7.55. The SMILES string of the molecule is C#CCOc1ccc2c(c1)/C(=C/CCN1CCC(N=O)(c3ccc(Cl)cc3)CC1)c1cccnc1CO2. The van der Waals surface area contributed by atoms with Gasteiger partial charge in [0, 0.05) is 42.0 Å². The molecule has 37 heavy (non-hydrogen) atoms. The van der Waals surface area contributed by atoms with Crippen LogP contribution in [0.2, 0.25) is 5.02 Å². The van der Waals surface area contributed by atoms with E-state index in [0.717, 1.165) is 59.8 Å². The molecule has 1 saturated heterocycles. The van der Waals surface area contributed by atoms with E-state index in [2.05, 4.69) is 33.1 Å². The Morgan fingerprint density at radius 2 is 1.97 bits per heavy atom. The number of aromatic nitrogens is 1. The van der Waals surface area contributed by atoms with E-state index in [1.807, 2.05) is 48.5 Å². The molecule has 0 radical (unpaired) electrons. The van der Waals surface area contributed by atoms with Gasteiger partial charge in [-0.3, -0.25) is 4.98 Å². The minimum absolute atomic E-state index is 0.207. The molecule has 0 spiro atoms. The molecule has 2 aliphatic heterocycles. The molecule has 2 aromatic carbocycles. The van der Waals surface area contributed by atoms with Crippen LogP contribution in [-0.2, 0) is 12.1 Å². The summed E-state index contributed by atoms with van der Waals surface area (Å²) in [6.45, 7) is 3.10. The number of nitroso groups, excluding NO2 is 1. The maximum absolute atomic E-state index is 11.9. The number of pyridine rings is 1. The number of fused-ring (bicyclic) bond motifs is 2. The molecule has 7 heteroatoms. The van der Waals surface area contributed by atoms with Gasteiger partial charge < -0.3 is 14.4 Å². The van der Waals surface area contributed by atoms with Gasteiger partial charge >= 0.3 is 0 Å². The summed E-state index contributed by atoms with van der Waals surface area (Å²) in [6, 6.07) is 17.3. The standard InChI is InChI=1S/C30H28ClN3O3/c1-2-19-36-24-11-12-29-27(20-24)25(26-5-3-15-32-28(26)21-37-29)6-4-16-34-17-13-30(33-35,14-18-34)22-7-9-23(31)10-8-22/h1,3,5-12,15,20H,4,13-14,16-19,21H2/b25-6+. The lowest BCUT2D eigenvalue weighted by Crippen LogP contribution is -2.41. The summed E-state index contributed by atoms with van der Waals surface area (Å²) < 4.78 is 11.8. The zero-order valence-corrected chi connectivity index (χ0v) is 21.3. The van der Waals surface area contributed by atoms with Crippen LogP contribution >= 0.6 is 11.6 Å². The van der Waals surface area contributed by atoms with Crippen LogP contribution in [0.4, 0.5) is 0 Å². The Morgan fingerprint density at radius 1 is 1.16 bits per heavy atom. The quantitative estimate of drug-likeness (QED) is 0.277. The van der Waals surface area contributed by atoms with Crippen LogP contribution in [0.3, 0.4) is 0 Å². The molecule has 0 N–H and O–H groups in total. The first-order chi connectivity index (χ1) is 18.1. The van der Waals surface area contributed by atoms with E-state index in [-0.39, 0.29) is 6.61 Å². The first kappa shape index (κ1) is 25.0. The molecule has 0 saturated carbocycles. The molecule has 0 atom stereocenters. The van der Waals surface area contributed by atoms with Gasteiger partial charge in [0.1, 0.15) is 30.3 Å². The molecule has 2 aliphatic rings. The normalized spacial score (nSPS) is 17.6. The smallest absolute Gasteiger partial charge is 0.148 e. The molecule has 0 amide bonds. The van der Waals surface area contributed by atoms with Crippen molar-refractivity contribution in [3.05, 3.63) is 99.2 Å². The van der Waals surface area contributed by atoms with Gasteiger partial charge in [-0.15, -0.1) is 11.3 Å². The third kappa shape index (κ3) is 5.39. The summed E-state index contributed by atoms with van der Waals surface area (Å²) in [5.41, 5.74) is 4.25. The van der Waals surface area contributed by atoms with E-state index < -0.39 is 5.54 Å². The second-order valence-corrected chi connectivity index (χ2v) is 9.75. The number of rotatable bonds is 7. The monoisotopic (exact) mass is 513 g/mol. The fourth-order valence-electron chi connectivity index (χ4n) is 5.10. The predicted octanol–water partition coefficient (Wildman–Crippen LogP) is 6.22. The number of benzene rings is 2. The van der Waals surface area contributed by atoms with Gasteiger partial charge in [-0.05, 0) is 66.8 Å². The molecule has 3 heterocycles. The van der Waals surface area contributed by atoms with Gasteiger partial charge in [-0.25, -0.2) is 0 Å². The molecule has 1 fully saturated rings. The Labute approximate surface area is 222 Å². The highest BCUT2D eigenvalue weighted by molar-refractivity contribution is 6.30. The van der Waals surface area contributed by atoms with Gasteiger partial charge in [0.25, 0.3) is 0 Å². The lowest BCUT2D eigenvalue weighted by Gasteiger charge is -2.37. The Bertz CT molecular complexity index is 1340. The summed E-state index contributed by atoms with van der Waals surface area (Å²) in [6.07, 6.45) is 11.6. The van der Waals surface area contributed by atoms with E-state index in [4.69, 9.17) is 27.5 Å². The first-order valence-electron chi connectivity index (χ1n) is 12.4. The summed E-state index contributed by atoms with van der Waals surface area (Å²) in [5, 5.41) is 4.24. The molecule has 188 valence electrons. The molecule has 0 unspecified atom stereocenters. The molecule has 1 aromatic heterocycles.